The lowest BCUT2D eigenvalue weighted by atomic mass is 10.2. The molecule has 0 aliphatic heterocycles. The Hall–Kier alpha value is -0.830. The highest BCUT2D eigenvalue weighted by molar-refractivity contribution is 14.0. The van der Waals surface area contributed by atoms with Crippen molar-refractivity contribution in [3.8, 4) is 0 Å². The molecule has 0 saturated carbocycles. The van der Waals surface area contributed by atoms with Crippen LogP contribution in [0.3, 0.4) is 0 Å². The van der Waals surface area contributed by atoms with E-state index in [0.717, 1.165) is 57.5 Å². The molecule has 2 N–H and O–H groups in total. The van der Waals surface area contributed by atoms with E-state index >= 15 is 0 Å². The van der Waals surface area contributed by atoms with Gasteiger partial charge in [-0.1, -0.05) is 27.2 Å². The van der Waals surface area contributed by atoms with E-state index in [4.69, 9.17) is 4.74 Å². The van der Waals surface area contributed by atoms with Gasteiger partial charge in [-0.25, -0.2) is 9.98 Å². The number of nitrogens with one attached hydrogen (secondary N) is 2. The van der Waals surface area contributed by atoms with Gasteiger partial charge in [0.05, 0.1) is 0 Å². The second-order valence-corrected chi connectivity index (χ2v) is 6.33. The van der Waals surface area contributed by atoms with Crippen molar-refractivity contribution in [1.82, 2.24) is 20.2 Å². The van der Waals surface area contributed by atoms with Crippen molar-refractivity contribution in [2.75, 3.05) is 26.3 Å². The zero-order chi connectivity index (χ0) is 17.6. The van der Waals surface area contributed by atoms with Crippen LogP contribution in [-0.2, 0) is 17.8 Å². The van der Waals surface area contributed by atoms with Gasteiger partial charge >= 0.3 is 0 Å². The predicted octanol–water partition coefficient (Wildman–Crippen LogP) is 3.42. The van der Waals surface area contributed by atoms with E-state index in [9.17, 15) is 0 Å². The van der Waals surface area contributed by atoms with Crippen LogP contribution in [0.4, 0.5) is 0 Å². The van der Waals surface area contributed by atoms with Gasteiger partial charge in [0.2, 0.25) is 0 Å². The number of imidazole rings is 1. The molecule has 0 radical (unpaired) electrons. The summed E-state index contributed by atoms with van der Waals surface area (Å²) in [4.78, 5) is 9.06. The Morgan fingerprint density at radius 2 is 2.00 bits per heavy atom. The minimum absolute atomic E-state index is 0. The van der Waals surface area contributed by atoms with Crippen molar-refractivity contribution >= 4 is 29.9 Å². The highest BCUT2D eigenvalue weighted by atomic mass is 127. The molecule has 25 heavy (non-hydrogen) atoms. The first-order valence-corrected chi connectivity index (χ1v) is 9.27. The largest absolute Gasteiger partial charge is 0.381 e. The van der Waals surface area contributed by atoms with Crippen LogP contribution in [0.25, 0.3) is 0 Å². The van der Waals surface area contributed by atoms with Crippen LogP contribution in [0, 0.1) is 5.92 Å². The average Bonchev–Trinajstić information content (AvgIpc) is 2.98. The first kappa shape index (κ1) is 24.2. The van der Waals surface area contributed by atoms with Gasteiger partial charge < -0.3 is 19.9 Å². The van der Waals surface area contributed by atoms with E-state index in [1.165, 1.54) is 6.42 Å². The van der Waals surface area contributed by atoms with Gasteiger partial charge in [0.25, 0.3) is 0 Å². The third kappa shape index (κ3) is 11.4. The molecule has 1 rings (SSSR count). The maximum absolute atomic E-state index is 5.57. The molecule has 0 atom stereocenters. The Morgan fingerprint density at radius 1 is 1.24 bits per heavy atom. The molecule has 0 unspecified atom stereocenters. The molecule has 0 aromatic carbocycles. The molecule has 0 amide bonds. The zero-order valence-electron chi connectivity index (χ0n) is 16.3. The molecule has 7 heteroatoms. The zero-order valence-corrected chi connectivity index (χ0v) is 18.6. The Balaban J connectivity index is 0.00000576. The summed E-state index contributed by atoms with van der Waals surface area (Å²) in [6.45, 7) is 13.6. The normalized spacial score (nSPS) is 11.5. The number of nitrogens with zero attached hydrogens (tertiary/aromatic N) is 3. The van der Waals surface area contributed by atoms with E-state index < -0.39 is 0 Å². The van der Waals surface area contributed by atoms with Crippen molar-refractivity contribution in [1.29, 1.82) is 0 Å². The first-order valence-electron chi connectivity index (χ1n) is 9.27. The molecule has 1 heterocycles. The van der Waals surface area contributed by atoms with Crippen LogP contribution >= 0.6 is 24.0 Å². The third-order valence-corrected chi connectivity index (χ3v) is 3.49. The van der Waals surface area contributed by atoms with Gasteiger partial charge in [-0.3, -0.25) is 0 Å². The van der Waals surface area contributed by atoms with E-state index in [1.54, 1.807) is 0 Å². The highest BCUT2D eigenvalue weighted by Crippen LogP contribution is 2.04. The number of rotatable bonds is 12. The van der Waals surface area contributed by atoms with Gasteiger partial charge in [0, 0.05) is 45.2 Å². The summed E-state index contributed by atoms with van der Waals surface area (Å²) < 4.78 is 7.75. The second-order valence-electron chi connectivity index (χ2n) is 6.33. The SMILES string of the molecule is CCCCOCCCNC(=NCc1nccn1CC(C)C)NCC.I. The van der Waals surface area contributed by atoms with Crippen LogP contribution < -0.4 is 10.6 Å². The third-order valence-electron chi connectivity index (χ3n) is 3.49. The summed E-state index contributed by atoms with van der Waals surface area (Å²) in [6.07, 6.45) is 7.18. The van der Waals surface area contributed by atoms with Gasteiger partial charge in [-0.2, -0.15) is 0 Å². The van der Waals surface area contributed by atoms with Crippen molar-refractivity contribution in [3.05, 3.63) is 18.2 Å². The number of aliphatic imine (C=N–C) groups is 1. The smallest absolute Gasteiger partial charge is 0.191 e. The van der Waals surface area contributed by atoms with Crippen LogP contribution in [0.1, 0.15) is 52.8 Å². The lowest BCUT2D eigenvalue weighted by Crippen LogP contribution is -2.38. The van der Waals surface area contributed by atoms with E-state index in [2.05, 4.69) is 52.9 Å². The molecule has 0 aliphatic carbocycles. The summed E-state index contributed by atoms with van der Waals surface area (Å²) in [5.41, 5.74) is 0. The fourth-order valence-corrected chi connectivity index (χ4v) is 2.27. The van der Waals surface area contributed by atoms with E-state index in [1.807, 2.05) is 12.4 Å². The topological polar surface area (TPSA) is 63.5 Å². The quantitative estimate of drug-likeness (QED) is 0.215. The van der Waals surface area contributed by atoms with Crippen LogP contribution in [0.5, 0.6) is 0 Å². The maximum atomic E-state index is 5.57. The molecule has 0 fully saturated rings. The molecule has 1 aromatic heterocycles. The number of unbranched alkanes of at least 4 members (excludes halogenated alkanes) is 1. The Morgan fingerprint density at radius 3 is 2.68 bits per heavy atom. The summed E-state index contributed by atoms with van der Waals surface area (Å²) >= 11 is 0. The maximum Gasteiger partial charge on any atom is 0.191 e. The monoisotopic (exact) mass is 465 g/mol. The number of hydrogen-bond acceptors (Lipinski definition) is 3. The number of hydrogen-bond donors (Lipinski definition) is 2. The van der Waals surface area contributed by atoms with E-state index in [0.29, 0.717) is 12.5 Å². The minimum atomic E-state index is 0. The molecule has 0 spiro atoms. The Labute approximate surface area is 170 Å². The molecule has 146 valence electrons. The summed E-state index contributed by atoms with van der Waals surface area (Å²) in [6, 6.07) is 0. The fourth-order valence-electron chi connectivity index (χ4n) is 2.27. The minimum Gasteiger partial charge on any atom is -0.381 e. The first-order chi connectivity index (χ1) is 11.7. The molecule has 6 nitrogen and oxygen atoms in total. The number of guanidine groups is 1. The van der Waals surface area contributed by atoms with E-state index in [-0.39, 0.29) is 24.0 Å². The van der Waals surface area contributed by atoms with Crippen molar-refractivity contribution in [2.45, 2.75) is 60.0 Å². The van der Waals surface area contributed by atoms with Crippen LogP contribution in [0.2, 0.25) is 0 Å². The standard InChI is InChI=1S/C18H35N5O.HI/c1-5-7-12-24-13-8-9-21-18(19-6-2)22-14-17-20-10-11-23(17)15-16(3)4;/h10-11,16H,5-9,12-15H2,1-4H3,(H2,19,21,22);1H. The lowest BCUT2D eigenvalue weighted by Gasteiger charge is -2.12. The summed E-state index contributed by atoms with van der Waals surface area (Å²) in [5, 5.41) is 6.63. The summed E-state index contributed by atoms with van der Waals surface area (Å²) in [5.74, 6) is 2.44. The van der Waals surface area contributed by atoms with Crippen LogP contribution in [-0.4, -0.2) is 41.8 Å². The molecule has 0 aliphatic rings. The van der Waals surface area contributed by atoms with Crippen molar-refractivity contribution in [3.63, 3.8) is 0 Å². The highest BCUT2D eigenvalue weighted by Gasteiger charge is 2.05. The molecular formula is C18H36IN5O. The molecular weight excluding hydrogens is 429 g/mol. The second kappa shape index (κ2) is 15.4. The van der Waals surface area contributed by atoms with Crippen molar-refractivity contribution < 1.29 is 4.74 Å². The van der Waals surface area contributed by atoms with Crippen LogP contribution in [0.15, 0.2) is 17.4 Å². The van der Waals surface area contributed by atoms with Crippen molar-refractivity contribution in [2.24, 2.45) is 10.9 Å². The Bertz CT molecular complexity index is 462. The fraction of sp³-hybridized carbons (Fsp3) is 0.778. The molecule has 1 aromatic rings. The van der Waals surface area contributed by atoms with Gasteiger partial charge in [-0.05, 0) is 25.7 Å². The lowest BCUT2D eigenvalue weighted by molar-refractivity contribution is 0.129. The number of aromatic nitrogens is 2. The summed E-state index contributed by atoms with van der Waals surface area (Å²) in [7, 11) is 0. The predicted molar refractivity (Wildman–Crippen MR) is 116 cm³/mol. The number of halogens is 1. The average molecular weight is 465 g/mol. The molecule has 0 saturated heterocycles. The van der Waals surface area contributed by atoms with Gasteiger partial charge in [-0.15, -0.1) is 24.0 Å². The van der Waals surface area contributed by atoms with Gasteiger partial charge in [0.1, 0.15) is 12.4 Å². The number of ether oxygens (including phenoxy) is 1. The van der Waals surface area contributed by atoms with Gasteiger partial charge in [0.15, 0.2) is 5.96 Å². The molecule has 0 bridgehead atoms. The Kier molecular flexibility index (Phi) is 14.9.